The second kappa shape index (κ2) is 7.93. The minimum atomic E-state index is -0.774. The lowest BCUT2D eigenvalue weighted by Crippen LogP contribution is -2.41. The summed E-state index contributed by atoms with van der Waals surface area (Å²) in [6.45, 7) is 9.89. The molecule has 0 bridgehead atoms. The molecule has 3 rings (SSSR count). The number of rotatable bonds is 6. The number of ether oxygens (including phenoxy) is 1. The summed E-state index contributed by atoms with van der Waals surface area (Å²) in [5.74, 6) is -0.222. The lowest BCUT2D eigenvalue weighted by molar-refractivity contribution is 0.00578. The van der Waals surface area contributed by atoms with Crippen molar-refractivity contribution in [3.05, 3.63) is 48.0 Å². The van der Waals surface area contributed by atoms with Gasteiger partial charge in [-0.3, -0.25) is 0 Å². The monoisotopic (exact) mass is 407 g/mol. The van der Waals surface area contributed by atoms with Crippen molar-refractivity contribution in [3.63, 3.8) is 0 Å². The van der Waals surface area contributed by atoms with E-state index in [4.69, 9.17) is 14.0 Å². The van der Waals surface area contributed by atoms with Crippen LogP contribution in [0.2, 0.25) is 0 Å². The smallest absolute Gasteiger partial charge is 0.455 e. The van der Waals surface area contributed by atoms with Crippen molar-refractivity contribution < 1.29 is 22.8 Å². The predicted molar refractivity (Wildman–Crippen MR) is 110 cm³/mol. The Labute approximate surface area is 169 Å². The zero-order valence-electron chi connectivity index (χ0n) is 16.6. The van der Waals surface area contributed by atoms with E-state index >= 15 is 0 Å². The molecule has 0 aliphatic carbocycles. The van der Waals surface area contributed by atoms with Crippen molar-refractivity contribution in [2.24, 2.45) is 0 Å². The lowest BCUT2D eigenvalue weighted by Gasteiger charge is -2.32. The lowest BCUT2D eigenvalue weighted by atomic mass is 9.78. The van der Waals surface area contributed by atoms with Gasteiger partial charge in [0.15, 0.2) is 11.6 Å². The van der Waals surface area contributed by atoms with Crippen LogP contribution in [0, 0.1) is 11.6 Å². The highest BCUT2D eigenvalue weighted by molar-refractivity contribution is 8.00. The molecule has 0 atom stereocenters. The average molecular weight is 407 g/mol. The van der Waals surface area contributed by atoms with Crippen LogP contribution in [-0.2, 0) is 9.31 Å². The topological polar surface area (TPSA) is 39.7 Å². The van der Waals surface area contributed by atoms with E-state index in [1.807, 2.05) is 46.8 Å². The molecule has 0 aromatic heterocycles. The first kappa shape index (κ1) is 21.0. The Morgan fingerprint density at radius 1 is 1.00 bits per heavy atom. The third kappa shape index (κ3) is 4.29. The summed E-state index contributed by atoms with van der Waals surface area (Å²) in [5, 5.41) is 0. The van der Waals surface area contributed by atoms with E-state index < -0.39 is 30.0 Å². The summed E-state index contributed by atoms with van der Waals surface area (Å²) in [7, 11) is -0.683. The Bertz CT molecular complexity index is 847. The van der Waals surface area contributed by atoms with Crippen LogP contribution in [-0.4, -0.2) is 24.1 Å². The third-order valence-electron chi connectivity index (χ3n) is 4.97. The summed E-state index contributed by atoms with van der Waals surface area (Å²) < 4.78 is 48.6. The molecule has 150 valence electrons. The van der Waals surface area contributed by atoms with Crippen molar-refractivity contribution in [2.45, 2.75) is 45.8 Å². The van der Waals surface area contributed by atoms with Gasteiger partial charge < -0.3 is 18.8 Å². The van der Waals surface area contributed by atoms with E-state index in [9.17, 15) is 8.78 Å². The first-order valence-corrected chi connectivity index (χ1v) is 10.1. The van der Waals surface area contributed by atoms with E-state index in [0.717, 1.165) is 23.6 Å². The highest BCUT2D eigenvalue weighted by Crippen LogP contribution is 2.38. The number of halogens is 2. The van der Waals surface area contributed by atoms with Crippen molar-refractivity contribution in [1.82, 2.24) is 0 Å². The number of nitrogens with one attached hydrogen (secondary N) is 1. The van der Waals surface area contributed by atoms with Crippen LogP contribution in [0.4, 0.5) is 14.5 Å². The third-order valence-corrected chi connectivity index (χ3v) is 5.63. The van der Waals surface area contributed by atoms with Crippen LogP contribution in [0.15, 0.2) is 36.4 Å². The van der Waals surface area contributed by atoms with Gasteiger partial charge in [-0.2, -0.15) is 0 Å². The molecular weight excluding hydrogens is 383 g/mol. The van der Waals surface area contributed by atoms with Crippen molar-refractivity contribution >= 4 is 30.2 Å². The van der Waals surface area contributed by atoms with Gasteiger partial charge in [-0.25, -0.2) is 8.78 Å². The maximum atomic E-state index is 14.1. The van der Waals surface area contributed by atoms with E-state index in [2.05, 4.69) is 4.72 Å². The molecule has 1 fully saturated rings. The summed E-state index contributed by atoms with van der Waals surface area (Å²) in [6.07, 6.45) is 0. The second-order valence-electron chi connectivity index (χ2n) is 7.55. The normalized spacial score (nSPS) is 17.6. The Kier molecular flexibility index (Phi) is 5.93. The van der Waals surface area contributed by atoms with Gasteiger partial charge in [0.25, 0.3) is 0 Å². The van der Waals surface area contributed by atoms with Crippen molar-refractivity contribution in [1.29, 1.82) is 0 Å². The predicted octanol–water partition coefficient (Wildman–Crippen LogP) is 5.14. The van der Waals surface area contributed by atoms with Crippen LogP contribution in [0.5, 0.6) is 11.5 Å². The fourth-order valence-corrected chi connectivity index (χ4v) is 3.13. The number of hydrogen-bond donors (Lipinski definition) is 1. The number of anilines is 1. The molecule has 2 aromatic carbocycles. The molecule has 28 heavy (non-hydrogen) atoms. The largest absolute Gasteiger partial charge is 0.498 e. The van der Waals surface area contributed by atoms with Crippen LogP contribution >= 0.6 is 11.9 Å². The van der Waals surface area contributed by atoms with Crippen LogP contribution in [0.3, 0.4) is 0 Å². The Balaban J connectivity index is 1.97. The maximum Gasteiger partial charge on any atom is 0.498 e. The zero-order valence-corrected chi connectivity index (χ0v) is 17.5. The highest BCUT2D eigenvalue weighted by Gasteiger charge is 2.52. The molecule has 0 amide bonds. The standard InChI is InChI=1S/C20H24BF2NO3S/c1-6-28-24-14-8-10-17(25-18-9-7-13(22)11-16(18)23)15(12-14)21-26-19(2,3)20(4,5)27-21/h7-12,24H,6H2,1-5H3. The molecule has 0 saturated carbocycles. The quantitative estimate of drug-likeness (QED) is 0.531. The molecule has 1 saturated heterocycles. The minimum Gasteiger partial charge on any atom is -0.455 e. The summed E-state index contributed by atoms with van der Waals surface area (Å²) in [5.41, 5.74) is 0.419. The highest BCUT2D eigenvalue weighted by atomic mass is 32.2. The molecule has 0 spiro atoms. The molecule has 0 unspecified atom stereocenters. The zero-order chi connectivity index (χ0) is 20.5. The molecule has 8 heteroatoms. The van der Waals surface area contributed by atoms with Crippen molar-refractivity contribution in [3.8, 4) is 11.5 Å². The maximum absolute atomic E-state index is 14.1. The first-order chi connectivity index (χ1) is 13.1. The Hall–Kier alpha value is -1.77. The Morgan fingerprint density at radius 2 is 1.64 bits per heavy atom. The van der Waals surface area contributed by atoms with E-state index in [1.54, 1.807) is 18.0 Å². The van der Waals surface area contributed by atoms with Gasteiger partial charge in [0.1, 0.15) is 11.6 Å². The van der Waals surface area contributed by atoms with Crippen LogP contribution < -0.4 is 14.9 Å². The second-order valence-corrected chi connectivity index (χ2v) is 8.62. The molecular formula is C20H24BF2NO3S. The van der Waals surface area contributed by atoms with E-state index in [-0.39, 0.29) is 5.75 Å². The van der Waals surface area contributed by atoms with Crippen LogP contribution in [0.25, 0.3) is 0 Å². The number of hydrogen-bond acceptors (Lipinski definition) is 5. The molecule has 1 aliphatic rings. The molecule has 2 aromatic rings. The fraction of sp³-hybridized carbons (Fsp3) is 0.400. The SMILES string of the molecule is CCSNc1ccc(Oc2ccc(F)cc2F)c(B2OC(C)(C)C(C)(C)O2)c1. The molecule has 1 N–H and O–H groups in total. The van der Waals surface area contributed by atoms with Gasteiger partial charge in [-0.15, -0.1) is 0 Å². The fourth-order valence-electron chi connectivity index (χ4n) is 2.69. The van der Waals surface area contributed by atoms with Gasteiger partial charge in [-0.05, 0) is 58.0 Å². The number of benzene rings is 2. The van der Waals surface area contributed by atoms with Gasteiger partial charge in [-0.1, -0.05) is 18.9 Å². The van der Waals surface area contributed by atoms with E-state index in [0.29, 0.717) is 11.2 Å². The van der Waals surface area contributed by atoms with Gasteiger partial charge >= 0.3 is 7.12 Å². The van der Waals surface area contributed by atoms with Gasteiger partial charge in [0.05, 0.1) is 11.2 Å². The summed E-state index contributed by atoms with van der Waals surface area (Å²) in [4.78, 5) is 0. The van der Waals surface area contributed by atoms with E-state index in [1.165, 1.54) is 6.07 Å². The molecule has 1 heterocycles. The van der Waals surface area contributed by atoms with Crippen LogP contribution in [0.1, 0.15) is 34.6 Å². The Morgan fingerprint density at radius 3 is 2.25 bits per heavy atom. The minimum absolute atomic E-state index is 0.0668. The average Bonchev–Trinajstić information content (AvgIpc) is 2.84. The van der Waals surface area contributed by atoms with Gasteiger partial charge in [0.2, 0.25) is 0 Å². The molecule has 1 aliphatic heterocycles. The van der Waals surface area contributed by atoms with Crippen molar-refractivity contribution in [2.75, 3.05) is 10.5 Å². The summed E-state index contributed by atoms with van der Waals surface area (Å²) in [6, 6.07) is 8.62. The summed E-state index contributed by atoms with van der Waals surface area (Å²) >= 11 is 1.55. The first-order valence-electron chi connectivity index (χ1n) is 9.13. The molecule has 4 nitrogen and oxygen atoms in total. The van der Waals surface area contributed by atoms with Gasteiger partial charge in [0, 0.05) is 23.0 Å². The molecule has 0 radical (unpaired) electrons.